The van der Waals surface area contributed by atoms with E-state index in [0.29, 0.717) is 18.8 Å². The van der Waals surface area contributed by atoms with Gasteiger partial charge >= 0.3 is 0 Å². The lowest BCUT2D eigenvalue weighted by atomic mass is 9.89. The fraction of sp³-hybridized carbons (Fsp3) is 0.450. The van der Waals surface area contributed by atoms with Gasteiger partial charge < -0.3 is 10.1 Å². The summed E-state index contributed by atoms with van der Waals surface area (Å²) < 4.78 is 6.56. The second-order valence-corrected chi connectivity index (χ2v) is 6.63. The summed E-state index contributed by atoms with van der Waals surface area (Å²) in [5, 5.41) is 7.37. The quantitative estimate of drug-likeness (QED) is 0.864. The van der Waals surface area contributed by atoms with Gasteiger partial charge in [-0.3, -0.25) is 9.59 Å². The predicted molar refractivity (Wildman–Crippen MR) is 100 cm³/mol. The first kappa shape index (κ1) is 18.2. The summed E-state index contributed by atoms with van der Waals surface area (Å²) in [5.41, 5.74) is 1.45. The largest absolute Gasteiger partial charge is 0.497 e. The van der Waals surface area contributed by atoms with Crippen LogP contribution in [0, 0.1) is 5.92 Å². The highest BCUT2D eigenvalue weighted by Gasteiger charge is 2.20. The second-order valence-electron chi connectivity index (χ2n) is 6.63. The molecule has 1 fully saturated rings. The highest BCUT2D eigenvalue weighted by atomic mass is 16.5. The molecule has 0 atom stereocenters. The van der Waals surface area contributed by atoms with Gasteiger partial charge in [-0.15, -0.1) is 0 Å². The Labute approximate surface area is 153 Å². The number of aromatic nitrogens is 2. The first-order valence-corrected chi connectivity index (χ1v) is 9.17. The van der Waals surface area contributed by atoms with Gasteiger partial charge in [0.05, 0.1) is 19.3 Å². The first-order valence-electron chi connectivity index (χ1n) is 9.17. The van der Waals surface area contributed by atoms with Crippen molar-refractivity contribution in [3.63, 3.8) is 0 Å². The third-order valence-corrected chi connectivity index (χ3v) is 4.85. The van der Waals surface area contributed by atoms with E-state index in [1.54, 1.807) is 13.2 Å². The van der Waals surface area contributed by atoms with Crippen LogP contribution in [0.25, 0.3) is 11.3 Å². The SMILES string of the molecule is COc1ccc(-c2ccc(=O)n(CCNC(=O)C3CCCCC3)n2)cc1. The van der Waals surface area contributed by atoms with E-state index in [4.69, 9.17) is 4.74 Å². The topological polar surface area (TPSA) is 73.2 Å². The zero-order valence-electron chi connectivity index (χ0n) is 15.1. The van der Waals surface area contributed by atoms with Crippen molar-refractivity contribution in [1.29, 1.82) is 0 Å². The van der Waals surface area contributed by atoms with Crippen LogP contribution in [0.2, 0.25) is 0 Å². The molecule has 1 aliphatic carbocycles. The van der Waals surface area contributed by atoms with Crippen LogP contribution < -0.4 is 15.6 Å². The Morgan fingerprint density at radius 3 is 2.58 bits per heavy atom. The van der Waals surface area contributed by atoms with Crippen molar-refractivity contribution in [2.75, 3.05) is 13.7 Å². The van der Waals surface area contributed by atoms with E-state index >= 15 is 0 Å². The number of carbonyl (C=O) groups is 1. The summed E-state index contributed by atoms with van der Waals surface area (Å²) in [4.78, 5) is 24.2. The Morgan fingerprint density at radius 2 is 1.88 bits per heavy atom. The number of nitrogens with zero attached hydrogens (tertiary/aromatic N) is 2. The molecule has 3 rings (SSSR count). The van der Waals surface area contributed by atoms with E-state index in [1.807, 2.05) is 24.3 Å². The standard InChI is InChI=1S/C20H25N3O3/c1-26-17-9-7-15(8-10-17)18-11-12-19(24)23(22-18)14-13-21-20(25)16-5-3-2-4-6-16/h7-12,16H,2-6,13-14H2,1H3,(H,21,25). The molecule has 1 saturated carbocycles. The third kappa shape index (κ3) is 4.50. The van der Waals surface area contributed by atoms with Crippen molar-refractivity contribution >= 4 is 5.91 Å². The molecule has 0 unspecified atom stereocenters. The molecule has 1 aromatic heterocycles. The number of methoxy groups -OCH3 is 1. The zero-order valence-corrected chi connectivity index (χ0v) is 15.1. The number of nitrogens with one attached hydrogen (secondary N) is 1. The van der Waals surface area contributed by atoms with Crippen LogP contribution in [-0.2, 0) is 11.3 Å². The summed E-state index contributed by atoms with van der Waals surface area (Å²) in [7, 11) is 1.62. The molecule has 1 aromatic carbocycles. The van der Waals surface area contributed by atoms with Crippen molar-refractivity contribution < 1.29 is 9.53 Å². The average Bonchev–Trinajstić information content (AvgIpc) is 2.70. The smallest absolute Gasteiger partial charge is 0.266 e. The van der Waals surface area contributed by atoms with Crippen LogP contribution in [0.4, 0.5) is 0 Å². The molecule has 2 aromatic rings. The molecule has 0 radical (unpaired) electrons. The minimum atomic E-state index is -0.172. The zero-order chi connectivity index (χ0) is 18.4. The molecular weight excluding hydrogens is 330 g/mol. The van der Waals surface area contributed by atoms with E-state index in [0.717, 1.165) is 37.0 Å². The third-order valence-electron chi connectivity index (χ3n) is 4.85. The van der Waals surface area contributed by atoms with Gasteiger partial charge in [-0.05, 0) is 43.2 Å². The highest BCUT2D eigenvalue weighted by Crippen LogP contribution is 2.23. The Hall–Kier alpha value is -2.63. The average molecular weight is 355 g/mol. The van der Waals surface area contributed by atoms with Gasteiger partial charge in [-0.2, -0.15) is 5.10 Å². The van der Waals surface area contributed by atoms with E-state index in [1.165, 1.54) is 17.2 Å². The van der Waals surface area contributed by atoms with Gasteiger partial charge in [0, 0.05) is 24.1 Å². The van der Waals surface area contributed by atoms with Gasteiger partial charge in [-0.25, -0.2) is 4.68 Å². The number of hydrogen-bond acceptors (Lipinski definition) is 4. The minimum absolute atomic E-state index is 0.101. The van der Waals surface area contributed by atoms with E-state index in [-0.39, 0.29) is 17.4 Å². The van der Waals surface area contributed by atoms with Gasteiger partial charge in [-0.1, -0.05) is 19.3 Å². The van der Waals surface area contributed by atoms with Gasteiger partial charge in [0.2, 0.25) is 5.91 Å². The van der Waals surface area contributed by atoms with E-state index in [9.17, 15) is 9.59 Å². The monoisotopic (exact) mass is 355 g/mol. The maximum absolute atomic E-state index is 12.2. The molecular formula is C20H25N3O3. The van der Waals surface area contributed by atoms with Crippen molar-refractivity contribution in [1.82, 2.24) is 15.1 Å². The number of amides is 1. The molecule has 26 heavy (non-hydrogen) atoms. The Bertz CT molecular complexity index is 793. The van der Waals surface area contributed by atoms with Crippen molar-refractivity contribution in [2.24, 2.45) is 5.92 Å². The lowest BCUT2D eigenvalue weighted by Crippen LogP contribution is -2.36. The maximum Gasteiger partial charge on any atom is 0.266 e. The molecule has 1 aliphatic rings. The fourth-order valence-electron chi connectivity index (χ4n) is 3.32. The van der Waals surface area contributed by atoms with E-state index in [2.05, 4.69) is 10.4 Å². The first-order chi connectivity index (χ1) is 12.7. The number of hydrogen-bond donors (Lipinski definition) is 1. The van der Waals surface area contributed by atoms with Crippen LogP contribution in [0.1, 0.15) is 32.1 Å². The number of rotatable bonds is 6. The van der Waals surface area contributed by atoms with Crippen molar-refractivity contribution in [3.05, 3.63) is 46.8 Å². The van der Waals surface area contributed by atoms with Crippen LogP contribution in [0.3, 0.4) is 0 Å². The summed E-state index contributed by atoms with van der Waals surface area (Å²) in [6, 6.07) is 10.7. The fourth-order valence-corrected chi connectivity index (χ4v) is 3.32. The van der Waals surface area contributed by atoms with E-state index < -0.39 is 0 Å². The molecule has 1 amide bonds. The Balaban J connectivity index is 1.62. The van der Waals surface area contributed by atoms with Crippen molar-refractivity contribution in [2.45, 2.75) is 38.6 Å². The molecule has 0 saturated heterocycles. The summed E-state index contributed by atoms with van der Waals surface area (Å²) in [5.74, 6) is 0.996. The Morgan fingerprint density at radius 1 is 1.15 bits per heavy atom. The van der Waals surface area contributed by atoms with Crippen LogP contribution in [0.5, 0.6) is 5.75 Å². The van der Waals surface area contributed by atoms with Gasteiger partial charge in [0.25, 0.3) is 5.56 Å². The summed E-state index contributed by atoms with van der Waals surface area (Å²) >= 11 is 0. The van der Waals surface area contributed by atoms with Crippen LogP contribution in [-0.4, -0.2) is 29.3 Å². The second kappa shape index (κ2) is 8.65. The van der Waals surface area contributed by atoms with Gasteiger partial charge in [0.15, 0.2) is 0 Å². The number of carbonyl (C=O) groups excluding carboxylic acids is 1. The minimum Gasteiger partial charge on any atom is -0.497 e. The lowest BCUT2D eigenvalue weighted by molar-refractivity contribution is -0.125. The summed E-state index contributed by atoms with van der Waals surface area (Å²) in [6.07, 6.45) is 5.42. The number of benzene rings is 1. The van der Waals surface area contributed by atoms with Crippen LogP contribution in [0.15, 0.2) is 41.2 Å². The van der Waals surface area contributed by atoms with Crippen LogP contribution >= 0.6 is 0 Å². The molecule has 1 heterocycles. The molecule has 6 nitrogen and oxygen atoms in total. The normalized spacial score (nSPS) is 14.8. The molecule has 138 valence electrons. The predicted octanol–water partition coefficient (Wildman–Crippen LogP) is 2.62. The lowest BCUT2D eigenvalue weighted by Gasteiger charge is -2.20. The van der Waals surface area contributed by atoms with Gasteiger partial charge in [0.1, 0.15) is 5.75 Å². The molecule has 0 spiro atoms. The Kier molecular flexibility index (Phi) is 6.04. The molecule has 0 aliphatic heterocycles. The molecule has 1 N–H and O–H groups in total. The summed E-state index contributed by atoms with van der Waals surface area (Å²) in [6.45, 7) is 0.773. The maximum atomic E-state index is 12.2. The molecule has 6 heteroatoms. The van der Waals surface area contributed by atoms with Crippen molar-refractivity contribution in [3.8, 4) is 17.0 Å². The highest BCUT2D eigenvalue weighted by molar-refractivity contribution is 5.78. The molecule has 0 bridgehead atoms. The number of ether oxygens (including phenoxy) is 1.